The van der Waals surface area contributed by atoms with Crippen LogP contribution in [-0.4, -0.2) is 27.2 Å². The third-order valence-corrected chi connectivity index (χ3v) is 5.83. The van der Waals surface area contributed by atoms with Crippen LogP contribution in [0.1, 0.15) is 16.7 Å². The second-order valence-electron chi connectivity index (χ2n) is 6.76. The summed E-state index contributed by atoms with van der Waals surface area (Å²) in [5, 5.41) is 5.49. The number of benzene rings is 3. The fourth-order valence-corrected chi connectivity index (χ4v) is 3.86. The van der Waals surface area contributed by atoms with Gasteiger partial charge in [-0.3, -0.25) is 4.79 Å². The van der Waals surface area contributed by atoms with Crippen molar-refractivity contribution in [3.8, 4) is 11.5 Å². The fraction of sp³-hybridized carbons (Fsp3) is 0.125. The molecular weight excluding hydrogens is 428 g/mol. The molecule has 4 rings (SSSR count). The zero-order valence-corrected chi connectivity index (χ0v) is 18.3. The lowest BCUT2D eigenvalue weighted by Gasteiger charge is -2.14. The van der Waals surface area contributed by atoms with Gasteiger partial charge in [-0.1, -0.05) is 84.6 Å². The van der Waals surface area contributed by atoms with Crippen LogP contribution >= 0.6 is 24.0 Å². The van der Waals surface area contributed by atoms with E-state index < -0.39 is 0 Å². The molecule has 0 bridgehead atoms. The topological polar surface area (TPSA) is 51.1 Å². The van der Waals surface area contributed by atoms with E-state index >= 15 is 0 Å². The molecule has 1 aliphatic heterocycles. The minimum atomic E-state index is -0.116. The number of ether oxygens (including phenoxy) is 2. The predicted molar refractivity (Wildman–Crippen MR) is 127 cm³/mol. The Bertz CT molecular complexity index is 1070. The van der Waals surface area contributed by atoms with Crippen LogP contribution in [0.5, 0.6) is 11.5 Å². The van der Waals surface area contributed by atoms with Gasteiger partial charge in [-0.05, 0) is 34.9 Å². The van der Waals surface area contributed by atoms with Crippen LogP contribution in [0.25, 0.3) is 0 Å². The normalized spacial score (nSPS) is 13.7. The molecule has 1 aliphatic rings. The van der Waals surface area contributed by atoms with Gasteiger partial charge in [-0.15, -0.1) is 0 Å². The molecule has 3 aromatic rings. The average Bonchev–Trinajstić information content (AvgIpc) is 3.14. The van der Waals surface area contributed by atoms with Crippen molar-refractivity contribution in [3.05, 3.63) is 95.6 Å². The summed E-state index contributed by atoms with van der Waals surface area (Å²) < 4.78 is 12.6. The fourth-order valence-electron chi connectivity index (χ4n) is 2.89. The number of rotatable bonds is 8. The molecule has 0 saturated carbocycles. The van der Waals surface area contributed by atoms with Crippen LogP contribution in [0.3, 0.4) is 0 Å². The standard InChI is InChI=1S/C24H20N2O3S2/c27-23-17-31-24(30)26(23)25-14-20-11-12-21(28-15-18-7-3-1-4-8-18)22(13-20)29-16-19-9-5-2-6-10-19/h1-14H,15-17H2/b25-14+. The predicted octanol–water partition coefficient (Wildman–Crippen LogP) is 5.04. The molecule has 0 unspecified atom stereocenters. The van der Waals surface area contributed by atoms with Crippen molar-refractivity contribution < 1.29 is 14.3 Å². The third kappa shape index (κ3) is 5.71. The molecule has 0 spiro atoms. The summed E-state index contributed by atoms with van der Waals surface area (Å²) in [4.78, 5) is 11.9. The van der Waals surface area contributed by atoms with Gasteiger partial charge in [-0.25, -0.2) is 0 Å². The Balaban J connectivity index is 1.53. The maximum Gasteiger partial charge on any atom is 0.259 e. The molecule has 1 saturated heterocycles. The Morgan fingerprint density at radius 2 is 1.52 bits per heavy atom. The highest BCUT2D eigenvalue weighted by molar-refractivity contribution is 8.23. The maximum atomic E-state index is 11.9. The van der Waals surface area contributed by atoms with Crippen molar-refractivity contribution in [3.63, 3.8) is 0 Å². The minimum absolute atomic E-state index is 0.116. The Hall–Kier alpha value is -3.16. The lowest BCUT2D eigenvalue weighted by Crippen LogP contribution is -2.22. The van der Waals surface area contributed by atoms with Crippen LogP contribution in [0, 0.1) is 0 Å². The van der Waals surface area contributed by atoms with Gasteiger partial charge in [0.25, 0.3) is 5.91 Å². The highest BCUT2D eigenvalue weighted by Gasteiger charge is 2.26. The largest absolute Gasteiger partial charge is 0.485 e. The van der Waals surface area contributed by atoms with Gasteiger partial charge in [0.05, 0.1) is 12.0 Å². The molecule has 7 heteroatoms. The molecule has 0 aliphatic carbocycles. The molecule has 1 heterocycles. The van der Waals surface area contributed by atoms with E-state index in [1.807, 2.05) is 78.9 Å². The number of nitrogens with zero attached hydrogens (tertiary/aromatic N) is 2. The maximum absolute atomic E-state index is 11.9. The van der Waals surface area contributed by atoms with Crippen molar-refractivity contribution in [2.75, 3.05) is 5.75 Å². The molecule has 31 heavy (non-hydrogen) atoms. The van der Waals surface area contributed by atoms with E-state index in [0.717, 1.165) is 16.7 Å². The summed E-state index contributed by atoms with van der Waals surface area (Å²) in [6.45, 7) is 0.845. The first-order valence-corrected chi connectivity index (χ1v) is 11.1. The Morgan fingerprint density at radius 3 is 2.10 bits per heavy atom. The SMILES string of the molecule is O=C1CSC(=S)N1/N=C/c1ccc(OCc2ccccc2)c(OCc2ccccc2)c1. The summed E-state index contributed by atoms with van der Waals surface area (Å²) in [5.41, 5.74) is 2.91. The molecule has 156 valence electrons. The molecule has 0 N–H and O–H groups in total. The number of hydrazone groups is 1. The van der Waals surface area contributed by atoms with Gasteiger partial charge in [0.15, 0.2) is 15.8 Å². The second kappa shape index (κ2) is 10.2. The molecule has 5 nitrogen and oxygen atoms in total. The van der Waals surface area contributed by atoms with E-state index in [1.165, 1.54) is 16.8 Å². The summed E-state index contributed by atoms with van der Waals surface area (Å²) >= 11 is 6.48. The Labute approximate surface area is 190 Å². The highest BCUT2D eigenvalue weighted by Crippen LogP contribution is 2.30. The molecule has 3 aromatic carbocycles. The van der Waals surface area contributed by atoms with Crippen molar-refractivity contribution in [2.24, 2.45) is 5.10 Å². The number of thiocarbonyl (C=S) groups is 1. The van der Waals surface area contributed by atoms with E-state index in [9.17, 15) is 4.79 Å². The quantitative estimate of drug-likeness (QED) is 0.357. The van der Waals surface area contributed by atoms with E-state index in [0.29, 0.717) is 34.8 Å². The van der Waals surface area contributed by atoms with Gasteiger partial charge < -0.3 is 9.47 Å². The van der Waals surface area contributed by atoms with Crippen molar-refractivity contribution in [2.45, 2.75) is 13.2 Å². The second-order valence-corrected chi connectivity index (χ2v) is 8.37. The first-order valence-electron chi connectivity index (χ1n) is 9.70. The number of carbonyl (C=O) groups is 1. The smallest absolute Gasteiger partial charge is 0.259 e. The first-order chi connectivity index (χ1) is 15.2. The van der Waals surface area contributed by atoms with Crippen LogP contribution in [-0.2, 0) is 18.0 Å². The van der Waals surface area contributed by atoms with Crippen LogP contribution in [0.15, 0.2) is 84.0 Å². The van der Waals surface area contributed by atoms with Crippen molar-refractivity contribution in [1.29, 1.82) is 0 Å². The van der Waals surface area contributed by atoms with E-state index in [1.54, 1.807) is 6.21 Å². The number of carbonyl (C=O) groups excluding carboxylic acids is 1. The van der Waals surface area contributed by atoms with Crippen molar-refractivity contribution >= 4 is 40.4 Å². The lowest BCUT2D eigenvalue weighted by atomic mass is 10.2. The van der Waals surface area contributed by atoms with Gasteiger partial charge in [0.2, 0.25) is 0 Å². The molecule has 1 amide bonds. The third-order valence-electron chi connectivity index (χ3n) is 4.49. The number of hydrogen-bond donors (Lipinski definition) is 0. The van der Waals surface area contributed by atoms with Crippen LogP contribution in [0.4, 0.5) is 0 Å². The monoisotopic (exact) mass is 448 g/mol. The zero-order valence-electron chi connectivity index (χ0n) is 16.6. The van der Waals surface area contributed by atoms with Gasteiger partial charge >= 0.3 is 0 Å². The average molecular weight is 449 g/mol. The summed E-state index contributed by atoms with van der Waals surface area (Å²) in [5.74, 6) is 1.46. The van der Waals surface area contributed by atoms with Crippen LogP contribution < -0.4 is 9.47 Å². The van der Waals surface area contributed by atoms with Gasteiger partial charge in [0.1, 0.15) is 13.2 Å². The number of thioether (sulfide) groups is 1. The van der Waals surface area contributed by atoms with E-state index in [-0.39, 0.29) is 5.91 Å². The van der Waals surface area contributed by atoms with E-state index in [4.69, 9.17) is 21.7 Å². The van der Waals surface area contributed by atoms with Crippen molar-refractivity contribution in [1.82, 2.24) is 5.01 Å². The summed E-state index contributed by atoms with van der Waals surface area (Å²) in [6.07, 6.45) is 1.60. The highest BCUT2D eigenvalue weighted by atomic mass is 32.2. The first kappa shape index (κ1) is 21.1. The Morgan fingerprint density at radius 1 is 0.903 bits per heavy atom. The number of amides is 1. The van der Waals surface area contributed by atoms with Gasteiger partial charge in [0, 0.05) is 0 Å². The van der Waals surface area contributed by atoms with Crippen LogP contribution in [0.2, 0.25) is 0 Å². The summed E-state index contributed by atoms with van der Waals surface area (Å²) in [6, 6.07) is 25.5. The Kier molecular flexibility index (Phi) is 6.96. The lowest BCUT2D eigenvalue weighted by molar-refractivity contribution is -0.123. The molecular formula is C24H20N2O3S2. The summed E-state index contributed by atoms with van der Waals surface area (Å²) in [7, 11) is 0. The molecule has 0 aromatic heterocycles. The van der Waals surface area contributed by atoms with Gasteiger partial charge in [-0.2, -0.15) is 10.1 Å². The molecule has 0 atom stereocenters. The number of hydrogen-bond acceptors (Lipinski definition) is 6. The molecule has 0 radical (unpaired) electrons. The van der Waals surface area contributed by atoms with E-state index in [2.05, 4.69) is 5.10 Å². The minimum Gasteiger partial charge on any atom is -0.485 e. The zero-order chi connectivity index (χ0) is 21.5. The molecule has 1 fully saturated rings.